The molecule has 0 aromatic heterocycles. The molecule has 1 atom stereocenters. The smallest absolute Gasteiger partial charge is 0.271 e. The normalized spacial score (nSPS) is 11.6. The van der Waals surface area contributed by atoms with E-state index in [-0.39, 0.29) is 17.3 Å². The monoisotopic (exact) mass is 283 g/mol. The van der Waals surface area contributed by atoms with Gasteiger partial charge in [0, 0.05) is 12.1 Å². The Balaban J connectivity index is 2.62. The van der Waals surface area contributed by atoms with Gasteiger partial charge < -0.3 is 4.74 Å². The summed E-state index contributed by atoms with van der Waals surface area (Å²) < 4.78 is 5.38. The maximum Gasteiger partial charge on any atom is 0.271 e. The SMILES string of the molecule is CCCNC(C#N)COc1ccc([N+](=O)[O-])cc1Cl. The topological polar surface area (TPSA) is 88.2 Å². The lowest BCUT2D eigenvalue weighted by Crippen LogP contribution is -2.33. The maximum atomic E-state index is 10.5. The first kappa shape index (κ1) is 15.2. The van der Waals surface area contributed by atoms with Gasteiger partial charge in [-0.2, -0.15) is 5.26 Å². The number of nitrogens with zero attached hydrogens (tertiary/aromatic N) is 2. The fourth-order valence-corrected chi connectivity index (χ4v) is 1.58. The first-order valence-corrected chi connectivity index (χ1v) is 6.16. The largest absolute Gasteiger partial charge is 0.489 e. The van der Waals surface area contributed by atoms with Crippen LogP contribution in [0.4, 0.5) is 5.69 Å². The number of hydrogen-bond acceptors (Lipinski definition) is 5. The lowest BCUT2D eigenvalue weighted by atomic mass is 10.3. The number of halogens is 1. The van der Waals surface area contributed by atoms with Crippen molar-refractivity contribution in [1.82, 2.24) is 5.32 Å². The fraction of sp³-hybridized carbons (Fsp3) is 0.417. The first-order chi connectivity index (χ1) is 9.08. The Morgan fingerprint density at radius 1 is 1.63 bits per heavy atom. The quantitative estimate of drug-likeness (QED) is 0.613. The Labute approximate surface area is 116 Å². The van der Waals surface area contributed by atoms with E-state index in [0.717, 1.165) is 13.0 Å². The van der Waals surface area contributed by atoms with E-state index in [1.54, 1.807) is 0 Å². The summed E-state index contributed by atoms with van der Waals surface area (Å²) in [6, 6.07) is 5.58. The molecule has 1 N–H and O–H groups in total. The summed E-state index contributed by atoms with van der Waals surface area (Å²) in [5, 5.41) is 22.6. The molecule has 0 saturated heterocycles. The van der Waals surface area contributed by atoms with Crippen LogP contribution in [0.25, 0.3) is 0 Å². The van der Waals surface area contributed by atoms with Gasteiger partial charge in [0.2, 0.25) is 0 Å². The molecule has 0 spiro atoms. The molecule has 1 unspecified atom stereocenters. The molecule has 102 valence electrons. The third-order valence-corrected chi connectivity index (χ3v) is 2.62. The Morgan fingerprint density at radius 3 is 2.89 bits per heavy atom. The van der Waals surface area contributed by atoms with Gasteiger partial charge in [-0.15, -0.1) is 0 Å². The van der Waals surface area contributed by atoms with E-state index in [2.05, 4.69) is 11.4 Å². The van der Waals surface area contributed by atoms with Crippen molar-refractivity contribution in [3.63, 3.8) is 0 Å². The fourth-order valence-electron chi connectivity index (χ4n) is 1.35. The lowest BCUT2D eigenvalue weighted by molar-refractivity contribution is -0.384. The third kappa shape index (κ3) is 4.73. The molecule has 1 aromatic carbocycles. The van der Waals surface area contributed by atoms with Crippen LogP contribution in [0.2, 0.25) is 5.02 Å². The number of benzene rings is 1. The Kier molecular flexibility index (Phi) is 6.06. The van der Waals surface area contributed by atoms with Crippen LogP contribution < -0.4 is 10.1 Å². The second-order valence-corrected chi connectivity index (χ2v) is 4.23. The molecule has 0 amide bonds. The van der Waals surface area contributed by atoms with Crippen LogP contribution in [0.5, 0.6) is 5.75 Å². The second kappa shape index (κ2) is 7.56. The minimum atomic E-state index is -0.531. The zero-order valence-corrected chi connectivity index (χ0v) is 11.2. The molecular weight excluding hydrogens is 270 g/mol. The summed E-state index contributed by atoms with van der Waals surface area (Å²) in [4.78, 5) is 10.0. The van der Waals surface area contributed by atoms with E-state index in [1.165, 1.54) is 18.2 Å². The van der Waals surface area contributed by atoms with E-state index >= 15 is 0 Å². The molecule has 19 heavy (non-hydrogen) atoms. The Morgan fingerprint density at radius 2 is 2.37 bits per heavy atom. The molecule has 6 nitrogen and oxygen atoms in total. The molecule has 0 bridgehead atoms. The average Bonchev–Trinajstić information content (AvgIpc) is 2.40. The molecule has 0 aliphatic rings. The van der Waals surface area contributed by atoms with Gasteiger partial charge in [-0.3, -0.25) is 15.4 Å². The van der Waals surface area contributed by atoms with Crippen molar-refractivity contribution in [3.05, 3.63) is 33.3 Å². The minimum Gasteiger partial charge on any atom is -0.489 e. The number of hydrogen-bond donors (Lipinski definition) is 1. The van der Waals surface area contributed by atoms with Gasteiger partial charge in [0.1, 0.15) is 18.4 Å². The molecule has 0 radical (unpaired) electrons. The number of non-ortho nitro benzene ring substituents is 1. The van der Waals surface area contributed by atoms with Gasteiger partial charge in [0.25, 0.3) is 5.69 Å². The van der Waals surface area contributed by atoms with Gasteiger partial charge in [0.15, 0.2) is 0 Å². The molecule has 1 rings (SSSR count). The molecular formula is C12H14ClN3O3. The number of nitrogens with one attached hydrogen (secondary N) is 1. The van der Waals surface area contributed by atoms with Crippen molar-refractivity contribution in [1.29, 1.82) is 5.26 Å². The van der Waals surface area contributed by atoms with Gasteiger partial charge in [-0.25, -0.2) is 0 Å². The van der Waals surface area contributed by atoms with Crippen LogP contribution in [-0.2, 0) is 0 Å². The number of ether oxygens (including phenoxy) is 1. The number of rotatable bonds is 7. The predicted molar refractivity (Wildman–Crippen MR) is 71.3 cm³/mol. The van der Waals surface area contributed by atoms with E-state index in [4.69, 9.17) is 21.6 Å². The number of nitro groups is 1. The van der Waals surface area contributed by atoms with E-state index in [9.17, 15) is 10.1 Å². The summed E-state index contributed by atoms with van der Waals surface area (Å²) >= 11 is 5.87. The summed E-state index contributed by atoms with van der Waals surface area (Å²) in [6.45, 7) is 2.85. The van der Waals surface area contributed by atoms with E-state index in [1.807, 2.05) is 6.92 Å². The average molecular weight is 284 g/mol. The van der Waals surface area contributed by atoms with Crippen molar-refractivity contribution >= 4 is 17.3 Å². The zero-order chi connectivity index (χ0) is 14.3. The highest BCUT2D eigenvalue weighted by Crippen LogP contribution is 2.28. The standard InChI is InChI=1S/C12H14ClN3O3/c1-2-5-15-9(7-14)8-19-12-4-3-10(16(17)18)6-11(12)13/h3-4,6,9,15H,2,5,8H2,1H3. The molecule has 7 heteroatoms. The molecule has 0 heterocycles. The second-order valence-electron chi connectivity index (χ2n) is 3.82. The van der Waals surface area contributed by atoms with Crippen molar-refractivity contribution in [2.75, 3.05) is 13.2 Å². The number of nitriles is 1. The summed E-state index contributed by atoms with van der Waals surface area (Å²) in [6.07, 6.45) is 0.913. The highest BCUT2D eigenvalue weighted by atomic mass is 35.5. The minimum absolute atomic E-state index is 0.0988. The van der Waals surface area contributed by atoms with E-state index < -0.39 is 11.0 Å². The molecule has 0 fully saturated rings. The van der Waals surface area contributed by atoms with Crippen molar-refractivity contribution < 1.29 is 9.66 Å². The first-order valence-electron chi connectivity index (χ1n) is 5.78. The Bertz CT molecular complexity index is 488. The van der Waals surface area contributed by atoms with Crippen molar-refractivity contribution in [3.8, 4) is 11.8 Å². The summed E-state index contributed by atoms with van der Waals surface area (Å²) in [7, 11) is 0. The van der Waals surface area contributed by atoms with Gasteiger partial charge >= 0.3 is 0 Å². The predicted octanol–water partition coefficient (Wildman–Crippen LogP) is 2.52. The van der Waals surface area contributed by atoms with Gasteiger partial charge in [-0.05, 0) is 19.0 Å². The molecule has 0 saturated carbocycles. The highest BCUT2D eigenvalue weighted by molar-refractivity contribution is 6.32. The lowest BCUT2D eigenvalue weighted by Gasteiger charge is -2.13. The number of nitro benzene ring substituents is 1. The van der Waals surface area contributed by atoms with Crippen molar-refractivity contribution in [2.24, 2.45) is 0 Å². The molecule has 0 aliphatic carbocycles. The van der Waals surface area contributed by atoms with Crippen LogP contribution in [0.1, 0.15) is 13.3 Å². The maximum absolute atomic E-state index is 10.5. The Hall–Kier alpha value is -1.84. The van der Waals surface area contributed by atoms with Crippen LogP contribution in [0.3, 0.4) is 0 Å². The molecule has 1 aromatic rings. The van der Waals surface area contributed by atoms with Crippen LogP contribution in [-0.4, -0.2) is 24.1 Å². The van der Waals surface area contributed by atoms with E-state index in [0.29, 0.717) is 5.75 Å². The summed E-state index contributed by atoms with van der Waals surface area (Å²) in [5.74, 6) is 0.325. The summed E-state index contributed by atoms with van der Waals surface area (Å²) in [5.41, 5.74) is -0.0988. The highest BCUT2D eigenvalue weighted by Gasteiger charge is 2.12. The van der Waals surface area contributed by atoms with Crippen LogP contribution in [0.15, 0.2) is 18.2 Å². The van der Waals surface area contributed by atoms with Gasteiger partial charge in [0.05, 0.1) is 16.0 Å². The van der Waals surface area contributed by atoms with Crippen LogP contribution in [0, 0.1) is 21.4 Å². The zero-order valence-electron chi connectivity index (χ0n) is 10.4. The van der Waals surface area contributed by atoms with Gasteiger partial charge in [-0.1, -0.05) is 18.5 Å². The molecule has 0 aliphatic heterocycles. The van der Waals surface area contributed by atoms with Crippen LogP contribution >= 0.6 is 11.6 Å². The third-order valence-electron chi connectivity index (χ3n) is 2.33. The van der Waals surface area contributed by atoms with Crippen molar-refractivity contribution in [2.45, 2.75) is 19.4 Å².